The van der Waals surface area contributed by atoms with E-state index in [1.54, 1.807) is 33.2 Å². The molecule has 0 spiro atoms. The minimum absolute atomic E-state index is 0.326. The lowest BCUT2D eigenvalue weighted by Gasteiger charge is -2.45. The quantitative estimate of drug-likeness (QED) is 0.744. The number of anilines is 1. The number of rotatable bonds is 2. The fourth-order valence-corrected chi connectivity index (χ4v) is 3.12. The van der Waals surface area contributed by atoms with Gasteiger partial charge in [0.15, 0.2) is 0 Å². The second kappa shape index (κ2) is 7.40. The first-order valence-electron chi connectivity index (χ1n) is 8.91. The smallest absolute Gasteiger partial charge is 0.407 e. The van der Waals surface area contributed by atoms with Gasteiger partial charge in [0.1, 0.15) is 11.7 Å². The first kappa shape index (κ1) is 20.5. The van der Waals surface area contributed by atoms with Gasteiger partial charge >= 0.3 is 6.09 Å². The summed E-state index contributed by atoms with van der Waals surface area (Å²) in [7, 11) is 0. The molecule has 0 unspecified atom stereocenters. The molecule has 1 saturated heterocycles. The van der Waals surface area contributed by atoms with Crippen molar-refractivity contribution in [2.24, 2.45) is 5.41 Å². The predicted molar refractivity (Wildman–Crippen MR) is 99.5 cm³/mol. The zero-order chi connectivity index (χ0) is 19.7. The van der Waals surface area contributed by atoms with Crippen LogP contribution in [0.15, 0.2) is 18.5 Å². The molecule has 2 heterocycles. The molecule has 0 bridgehead atoms. The van der Waals surface area contributed by atoms with E-state index in [-0.39, 0.29) is 11.5 Å². The van der Waals surface area contributed by atoms with Gasteiger partial charge in [-0.15, -0.1) is 0 Å². The molecule has 146 valence electrons. The van der Waals surface area contributed by atoms with E-state index in [0.717, 1.165) is 5.56 Å². The van der Waals surface area contributed by atoms with Crippen molar-refractivity contribution in [3.8, 4) is 0 Å². The molecule has 1 aromatic heterocycles. The second-order valence-electron chi connectivity index (χ2n) is 8.89. The maximum absolute atomic E-state index is 12.2. The lowest BCUT2D eigenvalue weighted by molar-refractivity contribution is -0.171. The summed E-state index contributed by atoms with van der Waals surface area (Å²) in [6, 6.07) is 1.29. The highest BCUT2D eigenvalue weighted by Crippen LogP contribution is 2.40. The number of pyridine rings is 1. The zero-order valence-corrected chi connectivity index (χ0v) is 16.4. The van der Waals surface area contributed by atoms with Crippen LogP contribution >= 0.6 is 0 Å². The topological polar surface area (TPSA) is 107 Å². The number of nitrogens with one attached hydrogen (secondary N) is 1. The van der Waals surface area contributed by atoms with Crippen LogP contribution in [0.4, 0.5) is 10.5 Å². The summed E-state index contributed by atoms with van der Waals surface area (Å²) in [4.78, 5) is 16.2. The van der Waals surface area contributed by atoms with Gasteiger partial charge in [-0.05, 0) is 32.3 Å². The molecule has 1 amide bonds. The van der Waals surface area contributed by atoms with E-state index in [4.69, 9.17) is 15.2 Å². The van der Waals surface area contributed by atoms with E-state index in [9.17, 15) is 9.90 Å². The zero-order valence-electron chi connectivity index (χ0n) is 16.4. The number of aliphatic hydroxyl groups is 1. The number of hydrogen-bond acceptors (Lipinski definition) is 6. The highest BCUT2D eigenvalue weighted by atomic mass is 16.6. The number of carbonyl (C=O) groups excluding carboxylic acids is 1. The molecule has 2 rings (SSSR count). The minimum atomic E-state index is -0.859. The average Bonchev–Trinajstić information content (AvgIpc) is 2.47. The third-order valence-corrected chi connectivity index (χ3v) is 4.29. The van der Waals surface area contributed by atoms with Gasteiger partial charge in [0.25, 0.3) is 0 Å². The predicted octanol–water partition coefficient (Wildman–Crippen LogP) is 2.79. The number of carbonyl (C=O) groups is 1. The Hall–Kier alpha value is -1.86. The monoisotopic (exact) mass is 365 g/mol. The second-order valence-corrected chi connectivity index (χ2v) is 8.89. The maximum Gasteiger partial charge on any atom is 0.407 e. The highest BCUT2D eigenvalue weighted by molar-refractivity contribution is 5.68. The van der Waals surface area contributed by atoms with Crippen LogP contribution in [0.1, 0.15) is 59.6 Å². The highest BCUT2D eigenvalue weighted by Gasteiger charge is 2.45. The van der Waals surface area contributed by atoms with Crippen LogP contribution in [0.5, 0.6) is 0 Å². The van der Waals surface area contributed by atoms with Crippen LogP contribution < -0.4 is 11.1 Å². The van der Waals surface area contributed by atoms with E-state index in [1.165, 1.54) is 0 Å². The third-order valence-electron chi connectivity index (χ3n) is 4.29. The largest absolute Gasteiger partial charge is 0.444 e. The van der Waals surface area contributed by atoms with Crippen molar-refractivity contribution in [3.63, 3.8) is 0 Å². The molecular weight excluding hydrogens is 334 g/mol. The van der Waals surface area contributed by atoms with Gasteiger partial charge in [0, 0.05) is 18.2 Å². The molecule has 0 radical (unpaired) electrons. The van der Waals surface area contributed by atoms with Crippen LogP contribution in [-0.2, 0) is 9.47 Å². The van der Waals surface area contributed by atoms with Crippen LogP contribution in [0.2, 0.25) is 0 Å². The number of aliphatic hydroxyl groups excluding tert-OH is 1. The third kappa shape index (κ3) is 5.08. The molecule has 7 heteroatoms. The fourth-order valence-electron chi connectivity index (χ4n) is 3.12. The SMILES string of the molecule is CC(C)(C)OC(=O)N[C@@H]1C[C@H](c2ccncc2N)O[C@H](C(C)(C)C)[C@H]1O. The molecule has 1 aliphatic rings. The van der Waals surface area contributed by atoms with E-state index >= 15 is 0 Å². The van der Waals surface area contributed by atoms with Crippen molar-refractivity contribution < 1.29 is 19.4 Å². The van der Waals surface area contributed by atoms with Crippen molar-refractivity contribution >= 4 is 11.8 Å². The van der Waals surface area contributed by atoms with Gasteiger partial charge in [0.2, 0.25) is 0 Å². The first-order valence-corrected chi connectivity index (χ1v) is 8.91. The molecule has 26 heavy (non-hydrogen) atoms. The van der Waals surface area contributed by atoms with E-state index in [2.05, 4.69) is 10.3 Å². The molecule has 1 fully saturated rings. The summed E-state index contributed by atoms with van der Waals surface area (Å²) in [5, 5.41) is 13.6. The Bertz CT molecular complexity index is 636. The Balaban J connectivity index is 2.25. The standard InChI is InChI=1S/C19H31N3O4/c1-18(2,3)16-15(23)13(22-17(24)26-19(4,5)6)9-14(25-16)11-7-8-21-10-12(11)20/h7-8,10,13-16,23H,9,20H2,1-6H3,(H,22,24)/t13-,14-,15+,16+/m1/s1. The molecular formula is C19H31N3O4. The number of hydrogen-bond donors (Lipinski definition) is 3. The van der Waals surface area contributed by atoms with E-state index < -0.39 is 29.9 Å². The molecule has 4 N–H and O–H groups in total. The van der Waals surface area contributed by atoms with Gasteiger partial charge in [-0.25, -0.2) is 4.79 Å². The fraction of sp³-hybridized carbons (Fsp3) is 0.684. The Labute approximate surface area is 155 Å². The van der Waals surface area contributed by atoms with Gasteiger partial charge in [0.05, 0.1) is 30.1 Å². The number of nitrogens with zero attached hydrogens (tertiary/aromatic N) is 1. The number of amides is 1. The van der Waals surface area contributed by atoms with Crippen LogP contribution in [0.3, 0.4) is 0 Å². The number of nitrogen functional groups attached to an aromatic ring is 1. The number of aromatic nitrogens is 1. The molecule has 7 nitrogen and oxygen atoms in total. The van der Waals surface area contributed by atoms with Crippen LogP contribution in [0.25, 0.3) is 0 Å². The number of alkyl carbamates (subject to hydrolysis) is 1. The summed E-state index contributed by atoms with van der Waals surface area (Å²) in [5.74, 6) is 0. The van der Waals surface area contributed by atoms with Gasteiger partial charge in [-0.3, -0.25) is 4.98 Å². The normalized spacial score (nSPS) is 27.0. The molecule has 1 aromatic rings. The van der Waals surface area contributed by atoms with Gasteiger partial charge in [-0.1, -0.05) is 20.8 Å². The minimum Gasteiger partial charge on any atom is -0.444 e. The van der Waals surface area contributed by atoms with Gasteiger partial charge < -0.3 is 25.6 Å². The van der Waals surface area contributed by atoms with E-state index in [1.807, 2.05) is 26.8 Å². The maximum atomic E-state index is 12.2. The van der Waals surface area contributed by atoms with E-state index in [0.29, 0.717) is 12.1 Å². The lowest BCUT2D eigenvalue weighted by atomic mass is 9.79. The molecule has 0 saturated carbocycles. The Kier molecular flexibility index (Phi) is 5.82. The molecule has 1 aliphatic heterocycles. The number of nitrogens with two attached hydrogens (primary N) is 1. The molecule has 0 aliphatic carbocycles. The van der Waals surface area contributed by atoms with Crippen LogP contribution in [-0.4, -0.2) is 40.0 Å². The lowest BCUT2D eigenvalue weighted by Crippen LogP contribution is -2.57. The number of ether oxygens (including phenoxy) is 2. The van der Waals surface area contributed by atoms with Crippen molar-refractivity contribution in [2.45, 2.75) is 77.9 Å². The van der Waals surface area contributed by atoms with Crippen molar-refractivity contribution in [1.29, 1.82) is 0 Å². The summed E-state index contributed by atoms with van der Waals surface area (Å²) >= 11 is 0. The first-order chi connectivity index (χ1) is 11.9. The van der Waals surface area contributed by atoms with Crippen LogP contribution in [0, 0.1) is 5.41 Å². The summed E-state index contributed by atoms with van der Waals surface area (Å²) in [6.45, 7) is 11.4. The van der Waals surface area contributed by atoms with Crippen molar-refractivity contribution in [3.05, 3.63) is 24.0 Å². The Morgan fingerprint density at radius 1 is 1.35 bits per heavy atom. The Morgan fingerprint density at radius 2 is 2.00 bits per heavy atom. The average molecular weight is 365 g/mol. The van der Waals surface area contributed by atoms with Crippen molar-refractivity contribution in [2.75, 3.05) is 5.73 Å². The summed E-state index contributed by atoms with van der Waals surface area (Å²) < 4.78 is 11.5. The molecule has 4 atom stereocenters. The molecule has 0 aromatic carbocycles. The summed E-state index contributed by atoms with van der Waals surface area (Å²) in [5.41, 5.74) is 6.44. The summed E-state index contributed by atoms with van der Waals surface area (Å²) in [6.07, 6.45) is 1.37. The Morgan fingerprint density at radius 3 is 2.54 bits per heavy atom. The van der Waals surface area contributed by atoms with Crippen molar-refractivity contribution in [1.82, 2.24) is 10.3 Å². The van der Waals surface area contributed by atoms with Gasteiger partial charge in [-0.2, -0.15) is 0 Å².